The van der Waals surface area contributed by atoms with Crippen molar-refractivity contribution in [3.8, 4) is 27.4 Å². The Kier molecular flexibility index (Phi) is 5.57. The van der Waals surface area contributed by atoms with Gasteiger partial charge in [0.15, 0.2) is 0 Å². The summed E-state index contributed by atoms with van der Waals surface area (Å²) in [7, 11) is 0. The lowest BCUT2D eigenvalue weighted by atomic mass is 9.98. The van der Waals surface area contributed by atoms with Crippen molar-refractivity contribution >= 4 is 21.6 Å². The van der Waals surface area contributed by atoms with Gasteiger partial charge in [-0.1, -0.05) is 25.1 Å². The van der Waals surface area contributed by atoms with Crippen LogP contribution in [-0.4, -0.2) is 9.97 Å². The van der Waals surface area contributed by atoms with Crippen LogP contribution >= 0.6 is 11.3 Å². The van der Waals surface area contributed by atoms with E-state index in [1.165, 1.54) is 17.2 Å². The van der Waals surface area contributed by atoms with Crippen LogP contribution in [-0.2, 0) is 19.4 Å². The molecule has 1 aliphatic carbocycles. The number of aromatic nitrogens is 2. The standard InChI is InChI=1S/C30H25FN2OS/c1-18-13-21-3-5-25(16-23(21)14-18)34-17-24-15-22(4-7-27(24)31)26-6-8-28-29(19(26)2)35-30(33-28)20-9-11-32-12-10-20/h3-12,15-16,18H,13-14,17H2,1-2H3. The highest BCUT2D eigenvalue weighted by molar-refractivity contribution is 7.21. The van der Waals surface area contributed by atoms with Gasteiger partial charge in [0, 0.05) is 23.5 Å². The average molecular weight is 481 g/mol. The summed E-state index contributed by atoms with van der Waals surface area (Å²) in [6.07, 6.45) is 5.77. The number of benzene rings is 3. The molecule has 2 heterocycles. The molecule has 3 aromatic carbocycles. The number of thiazole rings is 1. The lowest BCUT2D eigenvalue weighted by Gasteiger charge is -2.12. The molecule has 5 aromatic rings. The van der Waals surface area contributed by atoms with Crippen LogP contribution in [0.5, 0.6) is 5.75 Å². The maximum Gasteiger partial charge on any atom is 0.129 e. The Morgan fingerprint density at radius 1 is 0.943 bits per heavy atom. The fourth-order valence-corrected chi connectivity index (χ4v) is 6.04. The molecule has 0 spiro atoms. The SMILES string of the molecule is Cc1c(-c2ccc(F)c(COc3ccc4c(c3)CC(C)C4)c2)ccc2nc(-c3ccncc3)sc12. The van der Waals surface area contributed by atoms with E-state index < -0.39 is 0 Å². The van der Waals surface area contributed by atoms with E-state index in [2.05, 4.69) is 37.0 Å². The number of fused-ring (bicyclic) bond motifs is 2. The van der Waals surface area contributed by atoms with Gasteiger partial charge in [0.25, 0.3) is 0 Å². The molecule has 2 aromatic heterocycles. The molecule has 1 aliphatic rings. The number of hydrogen-bond donors (Lipinski definition) is 0. The van der Waals surface area contributed by atoms with Crippen molar-refractivity contribution in [2.24, 2.45) is 5.92 Å². The molecule has 0 N–H and O–H groups in total. The van der Waals surface area contributed by atoms with Gasteiger partial charge in [0.05, 0.1) is 10.2 Å². The van der Waals surface area contributed by atoms with Gasteiger partial charge in [-0.2, -0.15) is 0 Å². The van der Waals surface area contributed by atoms with Crippen molar-refractivity contribution in [1.82, 2.24) is 9.97 Å². The zero-order valence-corrected chi connectivity index (χ0v) is 20.5. The molecule has 0 radical (unpaired) electrons. The van der Waals surface area contributed by atoms with Gasteiger partial charge < -0.3 is 4.74 Å². The number of nitrogens with zero attached hydrogens (tertiary/aromatic N) is 2. The number of aryl methyl sites for hydroxylation is 1. The minimum atomic E-state index is -0.250. The van der Waals surface area contributed by atoms with Gasteiger partial charge in [-0.05, 0) is 96.0 Å². The largest absolute Gasteiger partial charge is 0.489 e. The number of ether oxygens (including phenoxy) is 1. The summed E-state index contributed by atoms with van der Waals surface area (Å²) in [4.78, 5) is 8.91. The quantitative estimate of drug-likeness (QED) is 0.258. The summed E-state index contributed by atoms with van der Waals surface area (Å²) in [6, 6.07) is 19.6. The van der Waals surface area contributed by atoms with Gasteiger partial charge in [0.2, 0.25) is 0 Å². The number of hydrogen-bond acceptors (Lipinski definition) is 4. The molecule has 0 saturated heterocycles. The molecule has 35 heavy (non-hydrogen) atoms. The Morgan fingerprint density at radius 3 is 2.63 bits per heavy atom. The second-order valence-corrected chi connectivity index (χ2v) is 10.4. The minimum absolute atomic E-state index is 0.196. The van der Waals surface area contributed by atoms with E-state index in [9.17, 15) is 4.39 Å². The second-order valence-electron chi connectivity index (χ2n) is 9.38. The van der Waals surface area contributed by atoms with E-state index in [1.54, 1.807) is 23.7 Å². The molecule has 3 nitrogen and oxygen atoms in total. The number of rotatable bonds is 5. The maximum atomic E-state index is 14.7. The second kappa shape index (κ2) is 8.90. The Hall–Kier alpha value is -3.57. The van der Waals surface area contributed by atoms with Crippen LogP contribution < -0.4 is 4.74 Å². The first-order valence-corrected chi connectivity index (χ1v) is 12.7. The van der Waals surface area contributed by atoms with Crippen LogP contribution in [0.1, 0.15) is 29.2 Å². The molecule has 0 aliphatic heterocycles. The molecule has 174 valence electrons. The Morgan fingerprint density at radius 2 is 1.77 bits per heavy atom. The highest BCUT2D eigenvalue weighted by Gasteiger charge is 2.18. The summed E-state index contributed by atoms with van der Waals surface area (Å²) in [5.41, 5.74) is 8.54. The van der Waals surface area contributed by atoms with Crippen molar-refractivity contribution in [3.63, 3.8) is 0 Å². The third-order valence-electron chi connectivity index (χ3n) is 6.80. The predicted octanol–water partition coefficient (Wildman–Crippen LogP) is 7.79. The van der Waals surface area contributed by atoms with Gasteiger partial charge >= 0.3 is 0 Å². The van der Waals surface area contributed by atoms with Crippen molar-refractivity contribution in [2.75, 3.05) is 0 Å². The van der Waals surface area contributed by atoms with Crippen LogP contribution in [0.4, 0.5) is 4.39 Å². The Bertz CT molecular complexity index is 1540. The van der Waals surface area contributed by atoms with E-state index >= 15 is 0 Å². The molecule has 0 fully saturated rings. The van der Waals surface area contributed by atoms with E-state index in [1.807, 2.05) is 36.4 Å². The van der Waals surface area contributed by atoms with Gasteiger partial charge in [-0.3, -0.25) is 4.98 Å². The van der Waals surface area contributed by atoms with E-state index in [4.69, 9.17) is 9.72 Å². The van der Waals surface area contributed by atoms with Crippen LogP contribution in [0.2, 0.25) is 0 Å². The molecular formula is C30H25FN2OS. The fourth-order valence-electron chi connectivity index (χ4n) is 4.97. The third-order valence-corrected chi connectivity index (χ3v) is 8.04. The predicted molar refractivity (Wildman–Crippen MR) is 140 cm³/mol. The van der Waals surface area contributed by atoms with Crippen LogP contribution in [0.25, 0.3) is 31.9 Å². The minimum Gasteiger partial charge on any atom is -0.489 e. The third kappa shape index (κ3) is 4.21. The summed E-state index contributed by atoms with van der Waals surface area (Å²) in [5.74, 6) is 1.22. The topological polar surface area (TPSA) is 35.0 Å². The van der Waals surface area contributed by atoms with Crippen molar-refractivity contribution < 1.29 is 9.13 Å². The molecule has 1 atom stereocenters. The van der Waals surface area contributed by atoms with E-state index in [0.717, 1.165) is 56.1 Å². The summed E-state index contributed by atoms with van der Waals surface area (Å²) in [6.45, 7) is 4.58. The summed E-state index contributed by atoms with van der Waals surface area (Å²) >= 11 is 1.67. The van der Waals surface area contributed by atoms with Crippen LogP contribution in [0, 0.1) is 18.7 Å². The molecule has 0 bridgehead atoms. The highest BCUT2D eigenvalue weighted by Crippen LogP contribution is 2.37. The lowest BCUT2D eigenvalue weighted by Crippen LogP contribution is -2.00. The first kappa shape index (κ1) is 21.9. The fraction of sp³-hybridized carbons (Fsp3) is 0.200. The molecular weight excluding hydrogens is 455 g/mol. The lowest BCUT2D eigenvalue weighted by molar-refractivity contribution is 0.299. The molecule has 6 rings (SSSR count). The van der Waals surface area contributed by atoms with Crippen molar-refractivity contribution in [3.05, 3.63) is 101 Å². The van der Waals surface area contributed by atoms with Gasteiger partial charge in [-0.25, -0.2) is 9.37 Å². The highest BCUT2D eigenvalue weighted by atomic mass is 32.1. The van der Waals surface area contributed by atoms with E-state index in [-0.39, 0.29) is 12.4 Å². The molecule has 1 unspecified atom stereocenters. The first-order chi connectivity index (χ1) is 17.0. The smallest absolute Gasteiger partial charge is 0.129 e. The summed E-state index contributed by atoms with van der Waals surface area (Å²) < 4.78 is 21.9. The van der Waals surface area contributed by atoms with Gasteiger partial charge in [0.1, 0.15) is 23.2 Å². The molecule has 0 saturated carbocycles. The zero-order valence-electron chi connectivity index (χ0n) is 19.7. The maximum absolute atomic E-state index is 14.7. The van der Waals surface area contributed by atoms with Crippen molar-refractivity contribution in [1.29, 1.82) is 0 Å². The number of halogens is 1. The van der Waals surface area contributed by atoms with Crippen LogP contribution in [0.15, 0.2) is 73.1 Å². The summed E-state index contributed by atoms with van der Waals surface area (Å²) in [5, 5.41) is 0.972. The molecule has 5 heteroatoms. The van der Waals surface area contributed by atoms with Gasteiger partial charge in [-0.15, -0.1) is 11.3 Å². The monoisotopic (exact) mass is 480 g/mol. The molecule has 0 amide bonds. The normalized spacial score (nSPS) is 14.9. The van der Waals surface area contributed by atoms with E-state index in [0.29, 0.717) is 11.5 Å². The Labute approximate surface area is 208 Å². The van der Waals surface area contributed by atoms with Crippen molar-refractivity contribution in [2.45, 2.75) is 33.3 Å². The average Bonchev–Trinajstić information content (AvgIpc) is 3.47. The van der Waals surface area contributed by atoms with Crippen LogP contribution in [0.3, 0.4) is 0 Å². The zero-order chi connectivity index (χ0) is 23.9. The Balaban J connectivity index is 1.28. The number of pyridine rings is 1. The first-order valence-electron chi connectivity index (χ1n) is 11.9.